The molecule has 0 radical (unpaired) electrons. The summed E-state index contributed by atoms with van der Waals surface area (Å²) in [7, 11) is 1.77. The van der Waals surface area contributed by atoms with Crippen molar-refractivity contribution in [3.63, 3.8) is 0 Å². The van der Waals surface area contributed by atoms with Gasteiger partial charge in [-0.2, -0.15) is 0 Å². The van der Waals surface area contributed by atoms with Crippen molar-refractivity contribution in [2.24, 2.45) is 18.9 Å². The lowest BCUT2D eigenvalue weighted by molar-refractivity contribution is 0.0776. The molecule has 0 aliphatic carbocycles. The third-order valence-electron chi connectivity index (χ3n) is 5.64. The van der Waals surface area contributed by atoms with E-state index in [1.807, 2.05) is 47.4 Å². The second kappa shape index (κ2) is 6.70. The summed E-state index contributed by atoms with van der Waals surface area (Å²) in [5, 5.41) is 16.6. The number of nitrogens with zero attached hydrogens (tertiary/aromatic N) is 7. The van der Waals surface area contributed by atoms with Gasteiger partial charge < -0.3 is 9.80 Å². The minimum absolute atomic E-state index is 0.0268. The van der Waals surface area contributed by atoms with Gasteiger partial charge in [-0.1, -0.05) is 35.5 Å². The van der Waals surface area contributed by atoms with Gasteiger partial charge in [-0.05, 0) is 12.1 Å². The highest BCUT2D eigenvalue weighted by atomic mass is 16.2. The Morgan fingerprint density at radius 2 is 1.68 bits per heavy atom. The minimum atomic E-state index is -0.0268. The molecule has 2 atom stereocenters. The Balaban J connectivity index is 1.24. The van der Waals surface area contributed by atoms with Crippen LogP contribution < -0.4 is 4.90 Å². The van der Waals surface area contributed by atoms with E-state index >= 15 is 0 Å². The van der Waals surface area contributed by atoms with Crippen LogP contribution in [0.1, 0.15) is 10.5 Å². The van der Waals surface area contributed by atoms with Crippen LogP contribution in [0.3, 0.4) is 0 Å². The van der Waals surface area contributed by atoms with Gasteiger partial charge in [0.25, 0.3) is 5.91 Å². The molecule has 8 nitrogen and oxygen atoms in total. The van der Waals surface area contributed by atoms with E-state index < -0.39 is 0 Å². The Morgan fingerprint density at radius 3 is 2.29 bits per heavy atom. The number of hydrogen-bond acceptors (Lipinski definition) is 6. The Kier molecular flexibility index (Phi) is 4.03. The number of fused-ring (bicyclic) bond motifs is 1. The molecule has 0 saturated carbocycles. The number of rotatable bonds is 3. The smallest absolute Gasteiger partial charge is 0.276 e. The van der Waals surface area contributed by atoms with Crippen LogP contribution in [0.25, 0.3) is 11.3 Å². The molecule has 4 heterocycles. The van der Waals surface area contributed by atoms with Crippen molar-refractivity contribution in [1.82, 2.24) is 30.1 Å². The molecule has 3 aromatic rings. The fourth-order valence-corrected chi connectivity index (χ4v) is 4.21. The summed E-state index contributed by atoms with van der Waals surface area (Å²) >= 11 is 0. The van der Waals surface area contributed by atoms with Gasteiger partial charge >= 0.3 is 0 Å². The molecule has 0 spiro atoms. The van der Waals surface area contributed by atoms with E-state index in [0.717, 1.165) is 43.3 Å². The summed E-state index contributed by atoms with van der Waals surface area (Å²) in [5.74, 6) is 1.79. The Hall–Kier alpha value is -3.29. The molecule has 2 unspecified atom stereocenters. The first kappa shape index (κ1) is 16.9. The third-order valence-corrected chi connectivity index (χ3v) is 5.64. The van der Waals surface area contributed by atoms with Gasteiger partial charge in [0, 0.05) is 50.6 Å². The maximum absolute atomic E-state index is 12.6. The number of anilines is 1. The average molecular weight is 375 g/mol. The first-order valence-electron chi connectivity index (χ1n) is 9.47. The van der Waals surface area contributed by atoms with Crippen molar-refractivity contribution in [1.29, 1.82) is 0 Å². The van der Waals surface area contributed by atoms with Gasteiger partial charge in [0.15, 0.2) is 11.5 Å². The van der Waals surface area contributed by atoms with Crippen molar-refractivity contribution >= 4 is 11.7 Å². The summed E-state index contributed by atoms with van der Waals surface area (Å²) in [6.07, 6.45) is 1.67. The summed E-state index contributed by atoms with van der Waals surface area (Å²) in [6.45, 7) is 3.31. The molecular formula is C20H21N7O. The van der Waals surface area contributed by atoms with Crippen molar-refractivity contribution in [2.45, 2.75) is 0 Å². The highest BCUT2D eigenvalue weighted by molar-refractivity contribution is 5.92. The quantitative estimate of drug-likeness (QED) is 0.690. The van der Waals surface area contributed by atoms with Gasteiger partial charge in [0.1, 0.15) is 0 Å². The van der Waals surface area contributed by atoms with Crippen LogP contribution in [-0.4, -0.2) is 62.2 Å². The van der Waals surface area contributed by atoms with Crippen molar-refractivity contribution in [3.8, 4) is 11.3 Å². The van der Waals surface area contributed by atoms with Crippen LogP contribution in [-0.2, 0) is 7.05 Å². The number of aromatic nitrogens is 5. The fourth-order valence-electron chi connectivity index (χ4n) is 4.21. The summed E-state index contributed by atoms with van der Waals surface area (Å²) in [5.41, 5.74) is 2.36. The van der Waals surface area contributed by atoms with E-state index in [2.05, 4.69) is 25.4 Å². The van der Waals surface area contributed by atoms with E-state index in [4.69, 9.17) is 0 Å². The second-order valence-electron chi connectivity index (χ2n) is 7.56. The topological polar surface area (TPSA) is 80.0 Å². The number of likely N-dealkylation sites (tertiary alicyclic amines) is 1. The Labute approximate surface area is 162 Å². The molecule has 5 rings (SSSR count). The molecule has 2 aromatic heterocycles. The second-order valence-corrected chi connectivity index (χ2v) is 7.56. The lowest BCUT2D eigenvalue weighted by Crippen LogP contribution is -2.33. The molecule has 2 aliphatic rings. The SMILES string of the molecule is Cn1cc(C(=O)N2CC3CN(c4ccc(-c5ccccc5)nn4)CC3C2)nn1. The van der Waals surface area contributed by atoms with Crippen molar-refractivity contribution < 1.29 is 4.79 Å². The molecule has 8 heteroatoms. The molecule has 142 valence electrons. The third kappa shape index (κ3) is 3.00. The molecule has 28 heavy (non-hydrogen) atoms. The number of carbonyl (C=O) groups is 1. The maximum atomic E-state index is 12.6. The molecule has 2 fully saturated rings. The van der Waals surface area contributed by atoms with Crippen LogP contribution in [0.4, 0.5) is 5.82 Å². The van der Waals surface area contributed by atoms with Crippen LogP contribution in [0.15, 0.2) is 48.7 Å². The van der Waals surface area contributed by atoms with Gasteiger partial charge in [-0.3, -0.25) is 9.48 Å². The Morgan fingerprint density at radius 1 is 0.929 bits per heavy atom. The lowest BCUT2D eigenvalue weighted by atomic mass is 10.0. The average Bonchev–Trinajstić information content (AvgIpc) is 3.43. The predicted octanol–water partition coefficient (Wildman–Crippen LogP) is 1.48. The van der Waals surface area contributed by atoms with E-state index in [0.29, 0.717) is 17.5 Å². The van der Waals surface area contributed by atoms with E-state index in [1.54, 1.807) is 17.9 Å². The normalized spacial score (nSPS) is 21.2. The van der Waals surface area contributed by atoms with E-state index in [1.165, 1.54) is 0 Å². The highest BCUT2D eigenvalue weighted by Gasteiger charge is 2.42. The molecule has 2 saturated heterocycles. The van der Waals surface area contributed by atoms with Gasteiger partial charge in [-0.25, -0.2) is 0 Å². The van der Waals surface area contributed by atoms with Crippen LogP contribution in [0.2, 0.25) is 0 Å². The van der Waals surface area contributed by atoms with Crippen LogP contribution in [0, 0.1) is 11.8 Å². The fraction of sp³-hybridized carbons (Fsp3) is 0.350. The molecule has 2 aliphatic heterocycles. The zero-order chi connectivity index (χ0) is 19.1. The molecule has 0 N–H and O–H groups in total. The number of amides is 1. The lowest BCUT2D eigenvalue weighted by Gasteiger charge is -2.21. The van der Waals surface area contributed by atoms with Crippen LogP contribution >= 0.6 is 0 Å². The zero-order valence-electron chi connectivity index (χ0n) is 15.6. The van der Waals surface area contributed by atoms with Crippen LogP contribution in [0.5, 0.6) is 0 Å². The molecule has 1 amide bonds. The van der Waals surface area contributed by atoms with Crippen molar-refractivity contribution in [2.75, 3.05) is 31.1 Å². The number of hydrogen-bond donors (Lipinski definition) is 0. The maximum Gasteiger partial charge on any atom is 0.276 e. The molecular weight excluding hydrogens is 354 g/mol. The monoisotopic (exact) mass is 375 g/mol. The number of benzene rings is 1. The Bertz CT molecular complexity index is 971. The molecule has 1 aromatic carbocycles. The predicted molar refractivity (Wildman–Crippen MR) is 104 cm³/mol. The van der Waals surface area contributed by atoms with Gasteiger partial charge in [0.05, 0.1) is 11.9 Å². The number of aryl methyl sites for hydroxylation is 1. The summed E-state index contributed by atoms with van der Waals surface area (Å²) in [6, 6.07) is 14.1. The standard InChI is InChI=1S/C20H21N7O/c1-25-13-18(22-24-25)20(28)27-11-15-9-26(10-16(15)12-27)19-8-7-17(21-23-19)14-5-3-2-4-6-14/h2-8,13,15-16H,9-12H2,1H3. The van der Waals surface area contributed by atoms with E-state index in [9.17, 15) is 4.79 Å². The van der Waals surface area contributed by atoms with Crippen molar-refractivity contribution in [3.05, 3.63) is 54.4 Å². The van der Waals surface area contributed by atoms with E-state index in [-0.39, 0.29) is 5.91 Å². The number of carbonyl (C=O) groups excluding carboxylic acids is 1. The largest absolute Gasteiger partial charge is 0.354 e. The van der Waals surface area contributed by atoms with Gasteiger partial charge in [-0.15, -0.1) is 15.3 Å². The summed E-state index contributed by atoms with van der Waals surface area (Å²) < 4.78 is 1.56. The minimum Gasteiger partial charge on any atom is -0.354 e. The highest BCUT2D eigenvalue weighted by Crippen LogP contribution is 2.34. The first-order valence-corrected chi connectivity index (χ1v) is 9.47. The first-order chi connectivity index (χ1) is 13.7. The van der Waals surface area contributed by atoms with Gasteiger partial charge in [0.2, 0.25) is 0 Å². The molecule has 0 bridgehead atoms. The zero-order valence-corrected chi connectivity index (χ0v) is 15.6. The summed E-state index contributed by atoms with van der Waals surface area (Å²) in [4.78, 5) is 16.8.